The van der Waals surface area contributed by atoms with E-state index in [4.69, 9.17) is 0 Å². The number of hydrogen-bond donors (Lipinski definition) is 0. The minimum absolute atomic E-state index is 0.00355. The van der Waals surface area contributed by atoms with Gasteiger partial charge >= 0.3 is 11.9 Å². The lowest BCUT2D eigenvalue weighted by Crippen LogP contribution is -2.15. The Morgan fingerprint density at radius 1 is 0.900 bits per heavy atom. The molecule has 8 heteroatoms. The van der Waals surface area contributed by atoms with Crippen LogP contribution in [0.4, 0.5) is 8.78 Å². The van der Waals surface area contributed by atoms with Crippen molar-refractivity contribution in [3.8, 4) is 0 Å². The van der Waals surface area contributed by atoms with E-state index < -0.39 is 43.6 Å². The quantitative estimate of drug-likeness (QED) is 0.553. The van der Waals surface area contributed by atoms with Crippen LogP contribution in [0.5, 0.6) is 0 Å². The predicted octanol–water partition coefficient (Wildman–Crippen LogP) is 3.84. The molecule has 1 aromatic rings. The lowest BCUT2D eigenvalue weighted by molar-refractivity contribution is 0.0499. The molecule has 4 nitrogen and oxygen atoms in total. The Labute approximate surface area is 130 Å². The van der Waals surface area contributed by atoms with Gasteiger partial charge < -0.3 is 9.47 Å². The summed E-state index contributed by atoms with van der Waals surface area (Å²) in [5.74, 6) is -4.27. The number of carbonyl (C=O) groups is 2. The van der Waals surface area contributed by atoms with Gasteiger partial charge in [0.1, 0.15) is 11.1 Å². The van der Waals surface area contributed by atoms with Crippen molar-refractivity contribution in [2.45, 2.75) is 13.8 Å². The standard InChI is InChI=1S/C12H10Br2F2O4/c1-3-19-11(17)5-7(13)10(16)6(8(14)9(5)15)12(18)20-4-2/h3-4H2,1-2H3. The number of benzene rings is 1. The highest BCUT2D eigenvalue weighted by atomic mass is 79.9. The summed E-state index contributed by atoms with van der Waals surface area (Å²) in [6.45, 7) is 3.07. The molecule has 0 atom stereocenters. The monoisotopic (exact) mass is 414 g/mol. The summed E-state index contributed by atoms with van der Waals surface area (Å²) in [5.41, 5.74) is -1.24. The lowest BCUT2D eigenvalue weighted by atomic mass is 10.1. The molecule has 0 saturated heterocycles. The van der Waals surface area contributed by atoms with Crippen molar-refractivity contribution in [2.24, 2.45) is 0 Å². The van der Waals surface area contributed by atoms with Crippen LogP contribution < -0.4 is 0 Å². The highest BCUT2D eigenvalue weighted by molar-refractivity contribution is 9.11. The molecule has 1 rings (SSSR count). The first-order valence-corrected chi connectivity index (χ1v) is 7.15. The molecular weight excluding hydrogens is 406 g/mol. The maximum absolute atomic E-state index is 14.1. The summed E-state index contributed by atoms with van der Waals surface area (Å²) in [6, 6.07) is 0. The smallest absolute Gasteiger partial charge is 0.342 e. The van der Waals surface area contributed by atoms with E-state index in [9.17, 15) is 18.4 Å². The number of halogens is 4. The van der Waals surface area contributed by atoms with Crippen molar-refractivity contribution in [3.05, 3.63) is 31.7 Å². The summed E-state index contributed by atoms with van der Waals surface area (Å²) >= 11 is 5.52. The van der Waals surface area contributed by atoms with Crippen LogP contribution >= 0.6 is 31.9 Å². The van der Waals surface area contributed by atoms with Gasteiger partial charge in [0.05, 0.1) is 22.2 Å². The van der Waals surface area contributed by atoms with E-state index in [0.29, 0.717) is 0 Å². The molecule has 0 saturated carbocycles. The molecule has 0 unspecified atom stereocenters. The van der Waals surface area contributed by atoms with Crippen LogP contribution in [-0.4, -0.2) is 25.2 Å². The van der Waals surface area contributed by atoms with Crippen molar-refractivity contribution in [1.29, 1.82) is 0 Å². The second kappa shape index (κ2) is 7.12. The average Bonchev–Trinajstić information content (AvgIpc) is 2.37. The van der Waals surface area contributed by atoms with Crippen molar-refractivity contribution in [3.63, 3.8) is 0 Å². The third-order valence-electron chi connectivity index (χ3n) is 2.22. The van der Waals surface area contributed by atoms with Crippen LogP contribution in [0.2, 0.25) is 0 Å². The van der Waals surface area contributed by atoms with Gasteiger partial charge in [-0.2, -0.15) is 0 Å². The van der Waals surface area contributed by atoms with Crippen LogP contribution in [0, 0.1) is 11.6 Å². The van der Waals surface area contributed by atoms with Gasteiger partial charge in [-0.25, -0.2) is 18.4 Å². The Hall–Kier alpha value is -1.02. The second-order valence-electron chi connectivity index (χ2n) is 3.45. The molecule has 0 heterocycles. The first kappa shape index (κ1) is 17.0. The number of esters is 2. The van der Waals surface area contributed by atoms with Crippen LogP contribution in [0.3, 0.4) is 0 Å². The minimum atomic E-state index is -1.10. The third-order valence-corrected chi connectivity index (χ3v) is 3.71. The van der Waals surface area contributed by atoms with Crippen molar-refractivity contribution in [1.82, 2.24) is 0 Å². The molecule has 0 aliphatic heterocycles. The molecule has 0 fully saturated rings. The van der Waals surface area contributed by atoms with E-state index >= 15 is 0 Å². The molecule has 20 heavy (non-hydrogen) atoms. The highest BCUT2D eigenvalue weighted by Gasteiger charge is 2.30. The fourth-order valence-electron chi connectivity index (χ4n) is 1.40. The molecule has 0 aliphatic carbocycles. The molecule has 0 radical (unpaired) electrons. The molecule has 0 aromatic heterocycles. The maximum atomic E-state index is 14.1. The number of rotatable bonds is 4. The van der Waals surface area contributed by atoms with Gasteiger partial charge in [0.25, 0.3) is 0 Å². The SMILES string of the molecule is CCOC(=O)c1c(F)c(Br)c(C(=O)OCC)c(F)c1Br. The van der Waals surface area contributed by atoms with E-state index in [1.165, 1.54) is 13.8 Å². The molecular formula is C12H10Br2F2O4. The fourth-order valence-corrected chi connectivity index (χ4v) is 2.46. The first-order valence-electron chi connectivity index (χ1n) is 5.56. The maximum Gasteiger partial charge on any atom is 0.342 e. The summed E-state index contributed by atoms with van der Waals surface area (Å²) in [5, 5.41) is 0. The zero-order valence-corrected chi connectivity index (χ0v) is 13.7. The molecule has 0 N–H and O–H groups in total. The largest absolute Gasteiger partial charge is 0.462 e. The third kappa shape index (κ3) is 3.17. The van der Waals surface area contributed by atoms with E-state index in [-0.39, 0.29) is 13.2 Å². The van der Waals surface area contributed by atoms with Crippen LogP contribution in [-0.2, 0) is 9.47 Å². The van der Waals surface area contributed by atoms with E-state index in [2.05, 4.69) is 41.3 Å². The Bertz CT molecular complexity index is 483. The molecule has 1 aromatic carbocycles. The van der Waals surface area contributed by atoms with E-state index in [0.717, 1.165) is 0 Å². The Morgan fingerprint density at radius 2 is 1.20 bits per heavy atom. The van der Waals surface area contributed by atoms with Gasteiger partial charge in [0.2, 0.25) is 0 Å². The van der Waals surface area contributed by atoms with Crippen molar-refractivity contribution < 1.29 is 27.8 Å². The van der Waals surface area contributed by atoms with Gasteiger partial charge in [-0.3, -0.25) is 0 Å². The summed E-state index contributed by atoms with van der Waals surface area (Å²) in [6.07, 6.45) is 0. The zero-order chi connectivity index (χ0) is 15.4. The van der Waals surface area contributed by atoms with Crippen LogP contribution in [0.15, 0.2) is 8.95 Å². The zero-order valence-electron chi connectivity index (χ0n) is 10.6. The fraction of sp³-hybridized carbons (Fsp3) is 0.333. The lowest BCUT2D eigenvalue weighted by Gasteiger charge is -2.12. The van der Waals surface area contributed by atoms with Gasteiger partial charge in [0.15, 0.2) is 11.6 Å². The molecule has 0 aliphatic rings. The summed E-state index contributed by atoms with van der Waals surface area (Å²) in [7, 11) is 0. The summed E-state index contributed by atoms with van der Waals surface area (Å²) < 4.78 is 36.5. The van der Waals surface area contributed by atoms with E-state index in [1.54, 1.807) is 0 Å². The van der Waals surface area contributed by atoms with Gasteiger partial charge in [-0.1, -0.05) is 0 Å². The Balaban J connectivity index is 3.49. The second-order valence-corrected chi connectivity index (χ2v) is 5.03. The molecule has 110 valence electrons. The van der Waals surface area contributed by atoms with Gasteiger partial charge in [-0.05, 0) is 45.7 Å². The van der Waals surface area contributed by atoms with Crippen LogP contribution in [0.25, 0.3) is 0 Å². The van der Waals surface area contributed by atoms with Crippen molar-refractivity contribution in [2.75, 3.05) is 13.2 Å². The predicted molar refractivity (Wildman–Crippen MR) is 73.7 cm³/mol. The molecule has 0 bridgehead atoms. The molecule has 0 spiro atoms. The topological polar surface area (TPSA) is 52.6 Å². The minimum Gasteiger partial charge on any atom is -0.462 e. The number of carbonyl (C=O) groups excluding carboxylic acids is 2. The average molecular weight is 416 g/mol. The summed E-state index contributed by atoms with van der Waals surface area (Å²) in [4.78, 5) is 23.2. The number of ether oxygens (including phenoxy) is 2. The Morgan fingerprint density at radius 3 is 1.45 bits per heavy atom. The van der Waals surface area contributed by atoms with Crippen LogP contribution in [0.1, 0.15) is 34.6 Å². The number of hydrogen-bond acceptors (Lipinski definition) is 4. The normalized spacial score (nSPS) is 10.3. The van der Waals surface area contributed by atoms with Gasteiger partial charge in [-0.15, -0.1) is 0 Å². The van der Waals surface area contributed by atoms with E-state index in [1.807, 2.05) is 0 Å². The molecule has 0 amide bonds. The highest BCUT2D eigenvalue weighted by Crippen LogP contribution is 2.34. The first-order chi connectivity index (χ1) is 9.36. The van der Waals surface area contributed by atoms with Gasteiger partial charge in [0, 0.05) is 0 Å². The Kier molecular flexibility index (Phi) is 6.07. The van der Waals surface area contributed by atoms with Crippen molar-refractivity contribution >= 4 is 43.8 Å².